The molecule has 0 aromatic rings. The molecule has 2 atom stereocenters. The summed E-state index contributed by atoms with van der Waals surface area (Å²) < 4.78 is 5.76. The summed E-state index contributed by atoms with van der Waals surface area (Å²) in [4.78, 5) is 0. The van der Waals surface area contributed by atoms with E-state index in [0.29, 0.717) is 18.2 Å². The SMILES string of the molecule is CC(C)CC1CC(OC(C)C)CN1. The summed E-state index contributed by atoms with van der Waals surface area (Å²) >= 11 is 0. The van der Waals surface area contributed by atoms with Crippen LogP contribution >= 0.6 is 0 Å². The molecule has 78 valence electrons. The third-order valence-electron chi connectivity index (χ3n) is 2.40. The highest BCUT2D eigenvalue weighted by molar-refractivity contribution is 4.83. The molecule has 1 N–H and O–H groups in total. The van der Waals surface area contributed by atoms with Gasteiger partial charge in [0, 0.05) is 12.6 Å². The van der Waals surface area contributed by atoms with Crippen molar-refractivity contribution in [3.8, 4) is 0 Å². The van der Waals surface area contributed by atoms with Gasteiger partial charge in [-0.1, -0.05) is 13.8 Å². The lowest BCUT2D eigenvalue weighted by molar-refractivity contribution is 0.0184. The highest BCUT2D eigenvalue weighted by Crippen LogP contribution is 2.17. The number of hydrogen-bond acceptors (Lipinski definition) is 2. The van der Waals surface area contributed by atoms with Crippen LogP contribution in [-0.2, 0) is 4.74 Å². The Hall–Kier alpha value is -0.0800. The Kier molecular flexibility index (Phi) is 4.20. The molecule has 0 aromatic carbocycles. The zero-order chi connectivity index (χ0) is 9.84. The van der Waals surface area contributed by atoms with E-state index in [1.807, 2.05) is 0 Å². The molecule has 2 heteroatoms. The van der Waals surface area contributed by atoms with Gasteiger partial charge in [0.25, 0.3) is 0 Å². The lowest BCUT2D eigenvalue weighted by Crippen LogP contribution is -2.23. The molecule has 1 aliphatic rings. The first-order chi connectivity index (χ1) is 6.08. The van der Waals surface area contributed by atoms with Gasteiger partial charge in [-0.3, -0.25) is 0 Å². The summed E-state index contributed by atoms with van der Waals surface area (Å²) in [6, 6.07) is 0.684. The zero-order valence-electron chi connectivity index (χ0n) is 9.34. The minimum Gasteiger partial charge on any atom is -0.374 e. The monoisotopic (exact) mass is 185 g/mol. The van der Waals surface area contributed by atoms with Gasteiger partial charge in [-0.25, -0.2) is 0 Å². The van der Waals surface area contributed by atoms with Crippen molar-refractivity contribution in [1.29, 1.82) is 0 Å². The minimum absolute atomic E-state index is 0.365. The quantitative estimate of drug-likeness (QED) is 0.725. The molecular weight excluding hydrogens is 162 g/mol. The smallest absolute Gasteiger partial charge is 0.0717 e. The molecular formula is C11H23NO. The van der Waals surface area contributed by atoms with Crippen LogP contribution in [0.1, 0.15) is 40.5 Å². The van der Waals surface area contributed by atoms with Crippen molar-refractivity contribution in [2.75, 3.05) is 6.54 Å². The molecule has 0 bridgehead atoms. The lowest BCUT2D eigenvalue weighted by atomic mass is 10.0. The highest BCUT2D eigenvalue weighted by Gasteiger charge is 2.25. The van der Waals surface area contributed by atoms with Crippen molar-refractivity contribution < 1.29 is 4.74 Å². The third kappa shape index (κ3) is 4.10. The van der Waals surface area contributed by atoms with Gasteiger partial charge in [-0.05, 0) is 32.6 Å². The van der Waals surface area contributed by atoms with Crippen molar-refractivity contribution in [1.82, 2.24) is 5.32 Å². The molecule has 1 saturated heterocycles. The van der Waals surface area contributed by atoms with E-state index < -0.39 is 0 Å². The Morgan fingerprint density at radius 1 is 1.31 bits per heavy atom. The first kappa shape index (κ1) is 11.0. The number of hydrogen-bond donors (Lipinski definition) is 1. The van der Waals surface area contributed by atoms with E-state index in [1.54, 1.807) is 0 Å². The fourth-order valence-corrected chi connectivity index (χ4v) is 2.02. The second kappa shape index (κ2) is 4.97. The van der Waals surface area contributed by atoms with E-state index in [-0.39, 0.29) is 0 Å². The van der Waals surface area contributed by atoms with Crippen LogP contribution in [0.4, 0.5) is 0 Å². The van der Waals surface area contributed by atoms with Crippen LogP contribution < -0.4 is 5.32 Å². The van der Waals surface area contributed by atoms with Crippen molar-refractivity contribution >= 4 is 0 Å². The van der Waals surface area contributed by atoms with Crippen LogP contribution in [0.15, 0.2) is 0 Å². The number of rotatable bonds is 4. The van der Waals surface area contributed by atoms with E-state index in [1.165, 1.54) is 12.8 Å². The van der Waals surface area contributed by atoms with Gasteiger partial charge in [0.15, 0.2) is 0 Å². The summed E-state index contributed by atoms with van der Waals surface area (Å²) in [5.41, 5.74) is 0. The Balaban J connectivity index is 2.20. The van der Waals surface area contributed by atoms with E-state index in [2.05, 4.69) is 33.0 Å². The molecule has 0 saturated carbocycles. The minimum atomic E-state index is 0.365. The number of nitrogens with one attached hydrogen (secondary N) is 1. The lowest BCUT2D eigenvalue weighted by Gasteiger charge is -2.15. The third-order valence-corrected chi connectivity index (χ3v) is 2.40. The van der Waals surface area contributed by atoms with Crippen molar-refractivity contribution in [2.45, 2.75) is 58.8 Å². The second-order valence-electron chi connectivity index (χ2n) is 4.78. The Bertz CT molecular complexity index is 129. The van der Waals surface area contributed by atoms with Crippen molar-refractivity contribution in [3.63, 3.8) is 0 Å². The molecule has 0 aromatic heterocycles. The molecule has 0 radical (unpaired) electrons. The Morgan fingerprint density at radius 3 is 2.54 bits per heavy atom. The molecule has 2 unspecified atom stereocenters. The molecule has 1 heterocycles. The first-order valence-electron chi connectivity index (χ1n) is 5.46. The van der Waals surface area contributed by atoms with E-state index in [0.717, 1.165) is 12.5 Å². The molecule has 1 fully saturated rings. The fraction of sp³-hybridized carbons (Fsp3) is 1.00. The summed E-state index contributed by atoms with van der Waals surface area (Å²) in [6.07, 6.45) is 3.28. The molecule has 0 aliphatic carbocycles. The first-order valence-corrected chi connectivity index (χ1v) is 5.46. The summed E-state index contributed by atoms with van der Waals surface area (Å²) in [5.74, 6) is 0.787. The summed E-state index contributed by atoms with van der Waals surface area (Å²) in [6.45, 7) is 9.80. The maximum absolute atomic E-state index is 5.76. The van der Waals surface area contributed by atoms with Crippen LogP contribution in [0.3, 0.4) is 0 Å². The van der Waals surface area contributed by atoms with E-state index in [9.17, 15) is 0 Å². The molecule has 0 spiro atoms. The summed E-state index contributed by atoms with van der Waals surface area (Å²) in [5, 5.41) is 3.52. The maximum Gasteiger partial charge on any atom is 0.0717 e. The predicted molar refractivity (Wildman–Crippen MR) is 55.9 cm³/mol. The van der Waals surface area contributed by atoms with Gasteiger partial charge >= 0.3 is 0 Å². The van der Waals surface area contributed by atoms with Crippen LogP contribution in [-0.4, -0.2) is 24.8 Å². The van der Waals surface area contributed by atoms with Crippen LogP contribution in [0.25, 0.3) is 0 Å². The van der Waals surface area contributed by atoms with Crippen LogP contribution in [0, 0.1) is 5.92 Å². The van der Waals surface area contributed by atoms with E-state index in [4.69, 9.17) is 4.74 Å². The van der Waals surface area contributed by atoms with Gasteiger partial charge < -0.3 is 10.1 Å². The Labute approximate surface area is 82.0 Å². The van der Waals surface area contributed by atoms with Gasteiger partial charge in [0.05, 0.1) is 12.2 Å². The van der Waals surface area contributed by atoms with Crippen LogP contribution in [0.2, 0.25) is 0 Å². The van der Waals surface area contributed by atoms with Crippen LogP contribution in [0.5, 0.6) is 0 Å². The standard InChI is InChI=1S/C11H23NO/c1-8(2)5-10-6-11(7-12-10)13-9(3)4/h8-12H,5-7H2,1-4H3. The van der Waals surface area contributed by atoms with Gasteiger partial charge in [-0.15, -0.1) is 0 Å². The molecule has 0 amide bonds. The largest absolute Gasteiger partial charge is 0.374 e. The average Bonchev–Trinajstić information content (AvgIpc) is 2.33. The molecule has 13 heavy (non-hydrogen) atoms. The second-order valence-corrected chi connectivity index (χ2v) is 4.78. The molecule has 1 aliphatic heterocycles. The van der Waals surface area contributed by atoms with Gasteiger partial charge in [0.2, 0.25) is 0 Å². The maximum atomic E-state index is 5.76. The Morgan fingerprint density at radius 2 is 2.00 bits per heavy atom. The number of ether oxygens (including phenoxy) is 1. The van der Waals surface area contributed by atoms with Gasteiger partial charge in [0.1, 0.15) is 0 Å². The predicted octanol–water partition coefficient (Wildman–Crippen LogP) is 2.19. The normalized spacial score (nSPS) is 29.1. The van der Waals surface area contributed by atoms with Gasteiger partial charge in [-0.2, -0.15) is 0 Å². The molecule has 2 nitrogen and oxygen atoms in total. The highest BCUT2D eigenvalue weighted by atomic mass is 16.5. The topological polar surface area (TPSA) is 21.3 Å². The zero-order valence-corrected chi connectivity index (χ0v) is 9.34. The van der Waals surface area contributed by atoms with Crippen molar-refractivity contribution in [3.05, 3.63) is 0 Å². The van der Waals surface area contributed by atoms with Crippen molar-refractivity contribution in [2.24, 2.45) is 5.92 Å². The summed E-state index contributed by atoms with van der Waals surface area (Å²) in [7, 11) is 0. The average molecular weight is 185 g/mol. The fourth-order valence-electron chi connectivity index (χ4n) is 2.02. The van der Waals surface area contributed by atoms with E-state index >= 15 is 0 Å². The molecule has 1 rings (SSSR count).